The molecule has 2 rings (SSSR count). The molecule has 0 aliphatic carbocycles. The predicted octanol–water partition coefficient (Wildman–Crippen LogP) is 2.23. The van der Waals surface area contributed by atoms with Gasteiger partial charge in [-0.15, -0.1) is 0 Å². The number of benzene rings is 2. The Morgan fingerprint density at radius 2 is 1.72 bits per heavy atom. The van der Waals surface area contributed by atoms with Gasteiger partial charge in [0.15, 0.2) is 0 Å². The van der Waals surface area contributed by atoms with Crippen LogP contribution < -0.4 is 21.1 Å². The highest BCUT2D eigenvalue weighted by Gasteiger charge is 2.12. The standard InChI is InChI=1S/C19H23N3O3/c1-2-25-16-10-8-15(9-11-16)22-19(24)13-21-18(23)12-17(20)14-6-4-3-5-7-14/h3-11,17H,2,12-13,20H2,1H3,(H,21,23)(H,22,24). The molecule has 1 atom stereocenters. The SMILES string of the molecule is CCOc1ccc(NC(=O)CNC(=O)CC(N)c2ccccc2)cc1. The Labute approximate surface area is 147 Å². The number of nitrogens with one attached hydrogen (secondary N) is 2. The monoisotopic (exact) mass is 341 g/mol. The molecule has 1 unspecified atom stereocenters. The quantitative estimate of drug-likeness (QED) is 0.686. The second-order valence-electron chi connectivity index (χ2n) is 5.50. The molecule has 0 saturated carbocycles. The first kappa shape index (κ1) is 18.5. The van der Waals surface area contributed by atoms with Crippen LogP contribution in [0.15, 0.2) is 54.6 Å². The Morgan fingerprint density at radius 3 is 2.36 bits per heavy atom. The molecule has 6 heteroatoms. The predicted molar refractivity (Wildman–Crippen MR) is 97.2 cm³/mol. The van der Waals surface area contributed by atoms with E-state index in [1.165, 1.54) is 0 Å². The topological polar surface area (TPSA) is 93.5 Å². The van der Waals surface area contributed by atoms with Crippen molar-refractivity contribution in [3.05, 3.63) is 60.2 Å². The normalized spacial score (nSPS) is 11.4. The van der Waals surface area contributed by atoms with E-state index >= 15 is 0 Å². The van der Waals surface area contributed by atoms with Crippen LogP contribution in [-0.2, 0) is 9.59 Å². The second-order valence-corrected chi connectivity index (χ2v) is 5.50. The van der Waals surface area contributed by atoms with Crippen molar-refractivity contribution in [2.45, 2.75) is 19.4 Å². The van der Waals surface area contributed by atoms with E-state index < -0.39 is 6.04 Å². The van der Waals surface area contributed by atoms with Crippen LogP contribution in [0.4, 0.5) is 5.69 Å². The zero-order chi connectivity index (χ0) is 18.1. The molecule has 0 heterocycles. The fourth-order valence-electron chi connectivity index (χ4n) is 2.28. The summed E-state index contributed by atoms with van der Waals surface area (Å²) in [5, 5.41) is 5.29. The summed E-state index contributed by atoms with van der Waals surface area (Å²) in [6.07, 6.45) is 0.125. The number of anilines is 1. The average molecular weight is 341 g/mol. The summed E-state index contributed by atoms with van der Waals surface area (Å²) in [5.41, 5.74) is 7.52. The lowest BCUT2D eigenvalue weighted by Crippen LogP contribution is -2.34. The summed E-state index contributed by atoms with van der Waals surface area (Å²) < 4.78 is 5.34. The van der Waals surface area contributed by atoms with Gasteiger partial charge in [-0.05, 0) is 36.8 Å². The van der Waals surface area contributed by atoms with Crippen LogP contribution in [0.5, 0.6) is 5.75 Å². The van der Waals surface area contributed by atoms with Gasteiger partial charge in [0.05, 0.1) is 13.2 Å². The van der Waals surface area contributed by atoms with Crippen molar-refractivity contribution in [2.75, 3.05) is 18.5 Å². The van der Waals surface area contributed by atoms with Crippen LogP contribution in [0, 0.1) is 0 Å². The number of carbonyl (C=O) groups excluding carboxylic acids is 2. The van der Waals surface area contributed by atoms with E-state index in [0.29, 0.717) is 12.3 Å². The van der Waals surface area contributed by atoms with Gasteiger partial charge in [-0.3, -0.25) is 9.59 Å². The van der Waals surface area contributed by atoms with Crippen molar-refractivity contribution in [1.82, 2.24) is 5.32 Å². The van der Waals surface area contributed by atoms with Crippen molar-refractivity contribution in [3.63, 3.8) is 0 Å². The van der Waals surface area contributed by atoms with E-state index in [1.54, 1.807) is 24.3 Å². The third kappa shape index (κ3) is 6.27. The molecule has 0 spiro atoms. The van der Waals surface area contributed by atoms with Gasteiger partial charge in [0, 0.05) is 18.2 Å². The molecule has 0 saturated heterocycles. The molecular formula is C19H23N3O3. The number of hydrogen-bond acceptors (Lipinski definition) is 4. The van der Waals surface area contributed by atoms with Gasteiger partial charge in [0.2, 0.25) is 11.8 Å². The van der Waals surface area contributed by atoms with Gasteiger partial charge in [-0.2, -0.15) is 0 Å². The lowest BCUT2D eigenvalue weighted by atomic mass is 10.0. The van der Waals surface area contributed by atoms with Crippen LogP contribution >= 0.6 is 0 Å². The maximum Gasteiger partial charge on any atom is 0.243 e. The minimum Gasteiger partial charge on any atom is -0.494 e. The van der Waals surface area contributed by atoms with Gasteiger partial charge in [-0.25, -0.2) is 0 Å². The molecule has 2 aromatic carbocycles. The zero-order valence-corrected chi connectivity index (χ0v) is 14.2. The van der Waals surface area contributed by atoms with Crippen molar-refractivity contribution in [3.8, 4) is 5.75 Å². The molecule has 0 aromatic heterocycles. The van der Waals surface area contributed by atoms with E-state index in [0.717, 1.165) is 11.3 Å². The van der Waals surface area contributed by atoms with Crippen molar-refractivity contribution >= 4 is 17.5 Å². The molecule has 2 amide bonds. The van der Waals surface area contributed by atoms with E-state index in [4.69, 9.17) is 10.5 Å². The third-order valence-electron chi connectivity index (χ3n) is 3.53. The first-order chi connectivity index (χ1) is 12.1. The maximum atomic E-state index is 11.9. The molecule has 0 bridgehead atoms. The number of ether oxygens (including phenoxy) is 1. The molecule has 0 fully saturated rings. The first-order valence-electron chi connectivity index (χ1n) is 8.18. The molecule has 25 heavy (non-hydrogen) atoms. The van der Waals surface area contributed by atoms with Gasteiger partial charge >= 0.3 is 0 Å². The molecule has 0 aliphatic heterocycles. The van der Waals surface area contributed by atoms with Gasteiger partial charge in [0.25, 0.3) is 0 Å². The summed E-state index contributed by atoms with van der Waals surface area (Å²) in [6.45, 7) is 2.39. The van der Waals surface area contributed by atoms with E-state index in [1.807, 2.05) is 37.3 Å². The lowest BCUT2D eigenvalue weighted by molar-refractivity contribution is -0.124. The van der Waals surface area contributed by atoms with E-state index in [2.05, 4.69) is 10.6 Å². The lowest BCUT2D eigenvalue weighted by Gasteiger charge is -2.12. The smallest absolute Gasteiger partial charge is 0.243 e. The third-order valence-corrected chi connectivity index (χ3v) is 3.53. The van der Waals surface area contributed by atoms with Gasteiger partial charge < -0.3 is 21.1 Å². The van der Waals surface area contributed by atoms with Crippen LogP contribution in [-0.4, -0.2) is 25.0 Å². The largest absolute Gasteiger partial charge is 0.494 e. The van der Waals surface area contributed by atoms with Crippen LogP contribution in [0.25, 0.3) is 0 Å². The number of nitrogens with two attached hydrogens (primary N) is 1. The van der Waals surface area contributed by atoms with Crippen molar-refractivity contribution < 1.29 is 14.3 Å². The maximum absolute atomic E-state index is 11.9. The summed E-state index contributed by atoms with van der Waals surface area (Å²) in [5.74, 6) is 0.174. The number of hydrogen-bond donors (Lipinski definition) is 3. The summed E-state index contributed by atoms with van der Waals surface area (Å²) >= 11 is 0. The van der Waals surface area contributed by atoms with Crippen molar-refractivity contribution in [1.29, 1.82) is 0 Å². The Kier molecular flexibility index (Phi) is 6.98. The van der Waals surface area contributed by atoms with Crippen molar-refractivity contribution in [2.24, 2.45) is 5.73 Å². The summed E-state index contributed by atoms with van der Waals surface area (Å²) in [6, 6.07) is 16.0. The Morgan fingerprint density at radius 1 is 1.04 bits per heavy atom. The molecule has 4 N–H and O–H groups in total. The minimum absolute atomic E-state index is 0.104. The van der Waals surface area contributed by atoms with Crippen LogP contribution in [0.2, 0.25) is 0 Å². The van der Waals surface area contributed by atoms with E-state index in [9.17, 15) is 9.59 Å². The number of carbonyl (C=O) groups is 2. The summed E-state index contributed by atoms with van der Waals surface area (Å²) in [4.78, 5) is 23.8. The van der Waals surface area contributed by atoms with Gasteiger partial charge in [0.1, 0.15) is 5.75 Å². The number of amides is 2. The molecule has 2 aromatic rings. The second kappa shape index (κ2) is 9.44. The fourth-order valence-corrected chi connectivity index (χ4v) is 2.28. The van der Waals surface area contributed by atoms with E-state index in [-0.39, 0.29) is 24.8 Å². The minimum atomic E-state index is -0.393. The highest BCUT2D eigenvalue weighted by Crippen LogP contribution is 2.15. The highest BCUT2D eigenvalue weighted by atomic mass is 16.5. The average Bonchev–Trinajstić information content (AvgIpc) is 2.62. The molecule has 6 nitrogen and oxygen atoms in total. The van der Waals surface area contributed by atoms with Crippen LogP contribution in [0.3, 0.4) is 0 Å². The first-order valence-corrected chi connectivity index (χ1v) is 8.18. The van der Waals surface area contributed by atoms with Gasteiger partial charge in [-0.1, -0.05) is 30.3 Å². The fraction of sp³-hybridized carbons (Fsp3) is 0.263. The molecule has 0 aliphatic rings. The zero-order valence-electron chi connectivity index (χ0n) is 14.2. The molecule has 0 radical (unpaired) electrons. The summed E-state index contributed by atoms with van der Waals surface area (Å²) in [7, 11) is 0. The Bertz CT molecular complexity index is 687. The highest BCUT2D eigenvalue weighted by molar-refractivity contribution is 5.94. The van der Waals surface area contributed by atoms with Crippen LogP contribution in [0.1, 0.15) is 24.9 Å². The molecule has 132 valence electrons. The molecular weight excluding hydrogens is 318 g/mol. The Balaban J connectivity index is 1.74. The number of rotatable bonds is 8. The Hall–Kier alpha value is -2.86.